The number of rotatable bonds is 6. The Hall–Kier alpha value is -0.380. The van der Waals surface area contributed by atoms with E-state index in [2.05, 4.69) is 44.5 Å². The van der Waals surface area contributed by atoms with E-state index in [4.69, 9.17) is 4.74 Å². The van der Waals surface area contributed by atoms with E-state index in [1.807, 2.05) is 0 Å². The molecule has 0 aliphatic rings. The van der Waals surface area contributed by atoms with Crippen LogP contribution in [0.2, 0.25) is 0 Å². The standard InChI is InChI=1S/C13H23NOS/c1-6-13(4,15-5)12(14-7-2)11-8-10(3)16-9-11/h8-9,12,14H,6-7H2,1-5H3. The van der Waals surface area contributed by atoms with Crippen LogP contribution < -0.4 is 5.32 Å². The van der Waals surface area contributed by atoms with Gasteiger partial charge in [0.25, 0.3) is 0 Å². The minimum atomic E-state index is -0.135. The van der Waals surface area contributed by atoms with E-state index in [-0.39, 0.29) is 11.6 Å². The van der Waals surface area contributed by atoms with E-state index >= 15 is 0 Å². The van der Waals surface area contributed by atoms with Crippen LogP contribution in [0.1, 0.15) is 43.7 Å². The Balaban J connectivity index is 2.98. The Morgan fingerprint density at radius 1 is 1.50 bits per heavy atom. The third-order valence-electron chi connectivity index (χ3n) is 3.27. The van der Waals surface area contributed by atoms with Gasteiger partial charge in [-0.1, -0.05) is 13.8 Å². The Labute approximate surface area is 103 Å². The molecule has 0 amide bonds. The average molecular weight is 241 g/mol. The van der Waals surface area contributed by atoms with Crippen molar-refractivity contribution in [3.63, 3.8) is 0 Å². The Bertz CT molecular complexity index is 317. The maximum Gasteiger partial charge on any atom is 0.0842 e. The van der Waals surface area contributed by atoms with Gasteiger partial charge in [-0.2, -0.15) is 0 Å². The summed E-state index contributed by atoms with van der Waals surface area (Å²) in [5, 5.41) is 5.77. The average Bonchev–Trinajstić information content (AvgIpc) is 2.71. The number of hydrogen-bond acceptors (Lipinski definition) is 3. The number of likely N-dealkylation sites (N-methyl/N-ethyl adjacent to an activating group) is 1. The lowest BCUT2D eigenvalue weighted by molar-refractivity contribution is -0.0294. The van der Waals surface area contributed by atoms with Crippen molar-refractivity contribution in [1.82, 2.24) is 5.32 Å². The van der Waals surface area contributed by atoms with Gasteiger partial charge in [0.1, 0.15) is 0 Å². The van der Waals surface area contributed by atoms with Crippen LogP contribution in [0.5, 0.6) is 0 Å². The monoisotopic (exact) mass is 241 g/mol. The van der Waals surface area contributed by atoms with Crippen LogP contribution in [0, 0.1) is 6.92 Å². The van der Waals surface area contributed by atoms with Crippen LogP contribution in [-0.4, -0.2) is 19.3 Å². The molecule has 0 saturated carbocycles. The van der Waals surface area contributed by atoms with Gasteiger partial charge in [0.15, 0.2) is 0 Å². The van der Waals surface area contributed by atoms with Crippen molar-refractivity contribution >= 4 is 11.3 Å². The lowest BCUT2D eigenvalue weighted by Crippen LogP contribution is -2.42. The highest BCUT2D eigenvalue weighted by Crippen LogP contribution is 2.33. The SMILES string of the molecule is CCNC(c1csc(C)c1)C(C)(CC)OC. The summed E-state index contributed by atoms with van der Waals surface area (Å²) in [6.07, 6.45) is 0.996. The predicted molar refractivity (Wildman–Crippen MR) is 71.2 cm³/mol. The van der Waals surface area contributed by atoms with E-state index in [1.165, 1.54) is 10.4 Å². The smallest absolute Gasteiger partial charge is 0.0842 e. The number of ether oxygens (including phenoxy) is 1. The number of aryl methyl sites for hydroxylation is 1. The van der Waals surface area contributed by atoms with Crippen molar-refractivity contribution in [2.75, 3.05) is 13.7 Å². The van der Waals surface area contributed by atoms with E-state index in [9.17, 15) is 0 Å². The van der Waals surface area contributed by atoms with Crippen LogP contribution in [0.3, 0.4) is 0 Å². The summed E-state index contributed by atoms with van der Waals surface area (Å²) in [5.74, 6) is 0. The third-order valence-corrected chi connectivity index (χ3v) is 4.15. The molecule has 2 nitrogen and oxygen atoms in total. The first kappa shape index (κ1) is 13.7. The molecule has 0 aromatic carbocycles. The lowest BCUT2D eigenvalue weighted by atomic mass is 9.89. The zero-order valence-corrected chi connectivity index (χ0v) is 11.8. The molecule has 2 atom stereocenters. The molecule has 0 aliphatic carbocycles. The van der Waals surface area contributed by atoms with Crippen molar-refractivity contribution in [2.24, 2.45) is 0 Å². The van der Waals surface area contributed by atoms with E-state index in [1.54, 1.807) is 18.4 Å². The topological polar surface area (TPSA) is 21.3 Å². The Kier molecular flexibility index (Phi) is 4.96. The molecule has 16 heavy (non-hydrogen) atoms. The summed E-state index contributed by atoms with van der Waals surface area (Å²) in [6, 6.07) is 2.53. The molecule has 1 N–H and O–H groups in total. The summed E-state index contributed by atoms with van der Waals surface area (Å²) < 4.78 is 5.71. The van der Waals surface area contributed by atoms with Gasteiger partial charge in [-0.3, -0.25) is 0 Å². The second kappa shape index (κ2) is 5.80. The first-order chi connectivity index (χ1) is 7.57. The van der Waals surface area contributed by atoms with Crippen LogP contribution in [0.4, 0.5) is 0 Å². The summed E-state index contributed by atoms with van der Waals surface area (Å²) in [7, 11) is 1.80. The Morgan fingerprint density at radius 3 is 2.56 bits per heavy atom. The summed E-state index contributed by atoms with van der Waals surface area (Å²) in [6.45, 7) is 9.59. The number of thiophene rings is 1. The molecular weight excluding hydrogens is 218 g/mol. The maximum atomic E-state index is 5.71. The molecular formula is C13H23NOS. The summed E-state index contributed by atoms with van der Waals surface area (Å²) in [4.78, 5) is 1.35. The predicted octanol–water partition coefficient (Wildman–Crippen LogP) is 3.52. The molecule has 1 rings (SSSR count). The fourth-order valence-electron chi connectivity index (χ4n) is 1.97. The van der Waals surface area contributed by atoms with E-state index < -0.39 is 0 Å². The van der Waals surface area contributed by atoms with Gasteiger partial charge in [0.2, 0.25) is 0 Å². The summed E-state index contributed by atoms with van der Waals surface area (Å²) >= 11 is 1.80. The molecule has 1 aromatic rings. The second-order valence-corrected chi connectivity index (χ2v) is 5.47. The molecule has 3 heteroatoms. The molecule has 0 fully saturated rings. The summed E-state index contributed by atoms with van der Waals surface area (Å²) in [5.41, 5.74) is 1.21. The Morgan fingerprint density at radius 2 is 2.19 bits per heavy atom. The van der Waals surface area contributed by atoms with Crippen LogP contribution >= 0.6 is 11.3 Å². The molecule has 0 saturated heterocycles. The zero-order valence-electron chi connectivity index (χ0n) is 11.0. The molecule has 2 unspecified atom stereocenters. The van der Waals surface area contributed by atoms with Gasteiger partial charge in [0, 0.05) is 12.0 Å². The lowest BCUT2D eigenvalue weighted by Gasteiger charge is -2.36. The van der Waals surface area contributed by atoms with Gasteiger partial charge in [-0.05, 0) is 43.8 Å². The minimum Gasteiger partial charge on any atom is -0.377 e. The van der Waals surface area contributed by atoms with Gasteiger partial charge in [-0.15, -0.1) is 11.3 Å². The van der Waals surface area contributed by atoms with Crippen molar-refractivity contribution in [3.8, 4) is 0 Å². The zero-order chi connectivity index (χ0) is 12.2. The molecule has 0 radical (unpaired) electrons. The maximum absolute atomic E-state index is 5.71. The van der Waals surface area contributed by atoms with Gasteiger partial charge >= 0.3 is 0 Å². The molecule has 92 valence electrons. The number of nitrogens with one attached hydrogen (secondary N) is 1. The number of hydrogen-bond donors (Lipinski definition) is 1. The highest BCUT2D eigenvalue weighted by Gasteiger charge is 2.33. The molecule has 1 heterocycles. The molecule has 0 spiro atoms. The van der Waals surface area contributed by atoms with Gasteiger partial charge in [0.05, 0.1) is 11.6 Å². The van der Waals surface area contributed by atoms with E-state index in [0.717, 1.165) is 13.0 Å². The molecule has 1 aromatic heterocycles. The fraction of sp³-hybridized carbons (Fsp3) is 0.692. The van der Waals surface area contributed by atoms with Crippen LogP contribution in [-0.2, 0) is 4.74 Å². The van der Waals surface area contributed by atoms with Crippen molar-refractivity contribution in [2.45, 2.75) is 45.8 Å². The minimum absolute atomic E-state index is 0.135. The molecule has 0 aliphatic heterocycles. The van der Waals surface area contributed by atoms with Crippen molar-refractivity contribution in [1.29, 1.82) is 0 Å². The second-order valence-electron chi connectivity index (χ2n) is 4.35. The van der Waals surface area contributed by atoms with Crippen molar-refractivity contribution in [3.05, 3.63) is 21.9 Å². The highest BCUT2D eigenvalue weighted by molar-refractivity contribution is 7.10. The van der Waals surface area contributed by atoms with E-state index in [0.29, 0.717) is 0 Å². The van der Waals surface area contributed by atoms with Gasteiger partial charge in [-0.25, -0.2) is 0 Å². The van der Waals surface area contributed by atoms with Crippen LogP contribution in [0.15, 0.2) is 11.4 Å². The normalized spacial score (nSPS) is 17.1. The van der Waals surface area contributed by atoms with Crippen LogP contribution in [0.25, 0.3) is 0 Å². The number of methoxy groups -OCH3 is 1. The third kappa shape index (κ3) is 2.84. The quantitative estimate of drug-likeness (QED) is 0.822. The first-order valence-corrected chi connectivity index (χ1v) is 6.79. The molecule has 0 bridgehead atoms. The fourth-order valence-corrected chi connectivity index (χ4v) is 2.70. The first-order valence-electron chi connectivity index (χ1n) is 5.91. The highest BCUT2D eigenvalue weighted by atomic mass is 32.1. The van der Waals surface area contributed by atoms with Gasteiger partial charge < -0.3 is 10.1 Å². The largest absolute Gasteiger partial charge is 0.377 e. The van der Waals surface area contributed by atoms with Crippen molar-refractivity contribution < 1.29 is 4.74 Å².